The number of carbonyl (C=O) groups is 1. The molecule has 0 N–H and O–H groups in total. The predicted octanol–water partition coefficient (Wildman–Crippen LogP) is 4.48. The summed E-state index contributed by atoms with van der Waals surface area (Å²) >= 11 is 6.57. The van der Waals surface area contributed by atoms with Crippen LogP contribution < -0.4 is 4.90 Å². The molecule has 2 saturated heterocycles. The van der Waals surface area contributed by atoms with Crippen molar-refractivity contribution in [3.05, 3.63) is 35.4 Å². The number of ether oxygens (including phenoxy) is 1. The molecule has 3 heterocycles. The number of fused-ring (bicyclic) bond motifs is 3. The maximum absolute atomic E-state index is 12.5. The second-order valence-corrected chi connectivity index (χ2v) is 8.57. The van der Waals surface area contributed by atoms with E-state index in [0.717, 1.165) is 29.6 Å². The van der Waals surface area contributed by atoms with Crippen molar-refractivity contribution in [2.45, 2.75) is 51.3 Å². The molecule has 0 spiro atoms. The number of anilines is 1. The molecule has 1 aromatic carbocycles. The summed E-state index contributed by atoms with van der Waals surface area (Å²) in [7, 11) is 0. The minimum atomic E-state index is -0.476. The Morgan fingerprint density at radius 3 is 2.50 bits per heavy atom. The molecule has 1 amide bonds. The van der Waals surface area contributed by atoms with Crippen LogP contribution in [-0.4, -0.2) is 46.8 Å². The summed E-state index contributed by atoms with van der Waals surface area (Å²) in [5.74, 6) is 0.835. The number of halogens is 1. The van der Waals surface area contributed by atoms with Gasteiger partial charge in [0.15, 0.2) is 0 Å². The fourth-order valence-electron chi connectivity index (χ4n) is 3.99. The number of carbonyl (C=O) groups excluding carboxylic acids is 1. The van der Waals surface area contributed by atoms with Gasteiger partial charge in [-0.05, 0) is 45.7 Å². The van der Waals surface area contributed by atoms with Crippen molar-refractivity contribution >= 4 is 34.4 Å². The van der Waals surface area contributed by atoms with Gasteiger partial charge >= 0.3 is 6.09 Å². The van der Waals surface area contributed by atoms with Crippen LogP contribution in [-0.2, 0) is 4.74 Å². The molecule has 4 rings (SSSR count). The third-order valence-corrected chi connectivity index (χ3v) is 5.32. The van der Waals surface area contributed by atoms with Gasteiger partial charge in [0.1, 0.15) is 11.4 Å². The Bertz CT molecular complexity index is 835. The number of hydrogen-bond acceptors (Lipinski definition) is 4. The number of amides is 1. The summed E-state index contributed by atoms with van der Waals surface area (Å²) < 4.78 is 5.55. The summed E-state index contributed by atoms with van der Waals surface area (Å²) in [6.45, 7) is 6.99. The van der Waals surface area contributed by atoms with Crippen LogP contribution in [0.1, 0.15) is 33.6 Å². The van der Waals surface area contributed by atoms with Crippen LogP contribution in [0.4, 0.5) is 10.6 Å². The molecule has 0 saturated carbocycles. The minimum Gasteiger partial charge on any atom is -0.444 e. The predicted molar refractivity (Wildman–Crippen MR) is 104 cm³/mol. The van der Waals surface area contributed by atoms with Gasteiger partial charge < -0.3 is 14.5 Å². The topological polar surface area (TPSA) is 45.7 Å². The summed E-state index contributed by atoms with van der Waals surface area (Å²) in [4.78, 5) is 21.4. The molecule has 2 aliphatic rings. The maximum Gasteiger partial charge on any atom is 0.410 e. The first kappa shape index (κ1) is 17.4. The number of pyridine rings is 1. The molecule has 2 aromatic rings. The number of hydrogen-bond donors (Lipinski definition) is 0. The Labute approximate surface area is 158 Å². The van der Waals surface area contributed by atoms with E-state index in [1.807, 2.05) is 56.0 Å². The van der Waals surface area contributed by atoms with E-state index in [2.05, 4.69) is 4.90 Å². The first-order chi connectivity index (χ1) is 12.3. The van der Waals surface area contributed by atoms with Crippen molar-refractivity contribution in [3.8, 4) is 0 Å². The highest BCUT2D eigenvalue weighted by atomic mass is 35.5. The molecule has 26 heavy (non-hydrogen) atoms. The Morgan fingerprint density at radius 2 is 1.85 bits per heavy atom. The van der Waals surface area contributed by atoms with E-state index in [9.17, 15) is 4.79 Å². The molecule has 138 valence electrons. The Morgan fingerprint density at radius 1 is 1.19 bits per heavy atom. The quantitative estimate of drug-likeness (QED) is 0.739. The zero-order valence-corrected chi connectivity index (χ0v) is 16.2. The fraction of sp³-hybridized carbons (Fsp3) is 0.500. The zero-order chi connectivity index (χ0) is 18.5. The molecule has 2 unspecified atom stereocenters. The maximum atomic E-state index is 12.5. The molecular weight excluding hydrogens is 350 g/mol. The largest absolute Gasteiger partial charge is 0.444 e. The van der Waals surface area contributed by atoms with Gasteiger partial charge in [0, 0.05) is 30.6 Å². The number of piperazine rings is 1. The number of para-hydroxylation sites is 1. The van der Waals surface area contributed by atoms with E-state index in [-0.39, 0.29) is 18.2 Å². The molecule has 2 fully saturated rings. The number of rotatable bonds is 1. The monoisotopic (exact) mass is 373 g/mol. The van der Waals surface area contributed by atoms with Gasteiger partial charge in [-0.3, -0.25) is 0 Å². The van der Waals surface area contributed by atoms with Gasteiger partial charge in [-0.15, -0.1) is 0 Å². The van der Waals surface area contributed by atoms with Crippen molar-refractivity contribution < 1.29 is 9.53 Å². The van der Waals surface area contributed by atoms with Crippen LogP contribution in [0, 0.1) is 0 Å². The normalized spacial score (nSPS) is 22.8. The van der Waals surface area contributed by atoms with Gasteiger partial charge in [-0.2, -0.15) is 0 Å². The molecule has 5 nitrogen and oxygen atoms in total. The van der Waals surface area contributed by atoms with Crippen LogP contribution in [0.25, 0.3) is 10.9 Å². The third-order valence-electron chi connectivity index (χ3n) is 5.04. The first-order valence-electron chi connectivity index (χ1n) is 9.13. The SMILES string of the molecule is CC(C)(C)OC(=O)N1CC2CCC(C1)N2c1nc2ccccc2cc1Cl. The number of nitrogens with zero attached hydrogens (tertiary/aromatic N) is 3. The van der Waals surface area contributed by atoms with Gasteiger partial charge in [-0.25, -0.2) is 9.78 Å². The highest BCUT2D eigenvalue weighted by molar-refractivity contribution is 6.33. The van der Waals surface area contributed by atoms with Gasteiger partial charge in [0.05, 0.1) is 10.5 Å². The lowest BCUT2D eigenvalue weighted by Gasteiger charge is -2.42. The molecule has 2 atom stereocenters. The van der Waals surface area contributed by atoms with E-state index < -0.39 is 5.60 Å². The smallest absolute Gasteiger partial charge is 0.410 e. The fourth-order valence-corrected chi connectivity index (χ4v) is 4.24. The number of likely N-dealkylation sites (tertiary alicyclic amines) is 1. The van der Waals surface area contributed by atoms with E-state index >= 15 is 0 Å². The molecular formula is C20H24ClN3O2. The van der Waals surface area contributed by atoms with E-state index in [0.29, 0.717) is 18.1 Å². The average molecular weight is 374 g/mol. The third kappa shape index (κ3) is 3.20. The Hall–Kier alpha value is -2.01. The molecule has 0 radical (unpaired) electrons. The first-order valence-corrected chi connectivity index (χ1v) is 9.51. The molecule has 2 aliphatic heterocycles. The summed E-state index contributed by atoms with van der Waals surface area (Å²) in [6.07, 6.45) is 1.84. The van der Waals surface area contributed by atoms with Crippen molar-refractivity contribution in [1.29, 1.82) is 0 Å². The van der Waals surface area contributed by atoms with Crippen LogP contribution in [0.15, 0.2) is 30.3 Å². The van der Waals surface area contributed by atoms with Crippen molar-refractivity contribution in [2.75, 3.05) is 18.0 Å². The lowest BCUT2D eigenvalue weighted by atomic mass is 10.1. The van der Waals surface area contributed by atoms with Crippen LogP contribution in [0.2, 0.25) is 5.02 Å². The van der Waals surface area contributed by atoms with E-state index in [4.69, 9.17) is 21.3 Å². The molecule has 1 aromatic heterocycles. The van der Waals surface area contributed by atoms with Gasteiger partial charge in [0.2, 0.25) is 0 Å². The van der Waals surface area contributed by atoms with Crippen molar-refractivity contribution in [1.82, 2.24) is 9.88 Å². The minimum absolute atomic E-state index is 0.229. The lowest BCUT2D eigenvalue weighted by Crippen LogP contribution is -2.56. The van der Waals surface area contributed by atoms with E-state index in [1.165, 1.54) is 0 Å². The summed E-state index contributed by atoms with van der Waals surface area (Å²) in [6, 6.07) is 10.4. The Kier molecular flexibility index (Phi) is 4.22. The molecule has 0 aliphatic carbocycles. The van der Waals surface area contributed by atoms with Crippen LogP contribution >= 0.6 is 11.6 Å². The molecule has 2 bridgehead atoms. The molecule has 6 heteroatoms. The van der Waals surface area contributed by atoms with Crippen LogP contribution in [0.3, 0.4) is 0 Å². The summed E-state index contributed by atoms with van der Waals surface area (Å²) in [5.41, 5.74) is 0.470. The average Bonchev–Trinajstić information content (AvgIpc) is 2.82. The highest BCUT2D eigenvalue weighted by Gasteiger charge is 2.43. The van der Waals surface area contributed by atoms with Crippen molar-refractivity contribution in [2.24, 2.45) is 0 Å². The second-order valence-electron chi connectivity index (χ2n) is 8.16. The number of benzene rings is 1. The van der Waals surface area contributed by atoms with Crippen molar-refractivity contribution in [3.63, 3.8) is 0 Å². The highest BCUT2D eigenvalue weighted by Crippen LogP contribution is 2.38. The summed E-state index contributed by atoms with van der Waals surface area (Å²) in [5, 5.41) is 1.72. The standard InChI is InChI=1S/C20H24ClN3O2/c1-20(2,3)26-19(25)23-11-14-8-9-15(12-23)24(14)18-16(21)10-13-6-4-5-7-17(13)22-18/h4-7,10,14-15H,8-9,11-12H2,1-3H3. The second kappa shape index (κ2) is 6.31. The Balaban J connectivity index is 1.59. The van der Waals surface area contributed by atoms with Crippen LogP contribution in [0.5, 0.6) is 0 Å². The zero-order valence-electron chi connectivity index (χ0n) is 15.4. The lowest BCUT2D eigenvalue weighted by molar-refractivity contribution is 0.0209. The van der Waals surface area contributed by atoms with Gasteiger partial charge in [-0.1, -0.05) is 29.8 Å². The van der Waals surface area contributed by atoms with Gasteiger partial charge in [0.25, 0.3) is 0 Å². The van der Waals surface area contributed by atoms with E-state index in [1.54, 1.807) is 0 Å². The number of aromatic nitrogens is 1.